The lowest BCUT2D eigenvalue weighted by Gasteiger charge is -2.42. The van der Waals surface area contributed by atoms with Crippen LogP contribution >= 0.6 is 0 Å². The largest absolute Gasteiger partial charge is 0.320 e. The standard InChI is InChI=1S/C24H33N7/c1-19-21(14-29(3)27-19)15-30-11-9-24(10-12-30)17-31(13-20-7-5-4-6-8-20)16-22(24)23-26-25-18-28(23)2/h4-8,14,18,22H,9-13,15-17H2,1-3H3. The van der Waals surface area contributed by atoms with Crippen molar-refractivity contribution in [1.82, 2.24) is 34.3 Å². The van der Waals surface area contributed by atoms with Crippen molar-refractivity contribution >= 4 is 0 Å². The van der Waals surface area contributed by atoms with Crippen molar-refractivity contribution in [2.75, 3.05) is 26.2 Å². The molecule has 5 rings (SSSR count). The topological polar surface area (TPSA) is 55.0 Å². The maximum absolute atomic E-state index is 4.55. The molecule has 0 radical (unpaired) electrons. The first kappa shape index (κ1) is 20.4. The van der Waals surface area contributed by atoms with Gasteiger partial charge in [-0.25, -0.2) is 0 Å². The van der Waals surface area contributed by atoms with Gasteiger partial charge in [-0.3, -0.25) is 14.5 Å². The Morgan fingerprint density at radius 3 is 2.45 bits per heavy atom. The van der Waals surface area contributed by atoms with Crippen molar-refractivity contribution in [3.8, 4) is 0 Å². The molecule has 164 valence electrons. The van der Waals surface area contributed by atoms with Crippen LogP contribution in [0.5, 0.6) is 0 Å². The highest BCUT2D eigenvalue weighted by Gasteiger charge is 2.50. The van der Waals surface area contributed by atoms with E-state index < -0.39 is 0 Å². The monoisotopic (exact) mass is 419 g/mol. The number of benzene rings is 1. The second kappa shape index (κ2) is 8.20. The van der Waals surface area contributed by atoms with E-state index in [-0.39, 0.29) is 5.41 Å². The smallest absolute Gasteiger partial charge is 0.137 e. The van der Waals surface area contributed by atoms with Gasteiger partial charge in [0.15, 0.2) is 0 Å². The normalized spacial score (nSPS) is 21.8. The Labute approximate surface area is 184 Å². The minimum Gasteiger partial charge on any atom is -0.320 e. The maximum atomic E-state index is 4.55. The molecular formula is C24H33N7. The number of hydrogen-bond donors (Lipinski definition) is 0. The second-order valence-corrected chi connectivity index (χ2v) is 9.56. The Balaban J connectivity index is 1.33. The van der Waals surface area contributed by atoms with Gasteiger partial charge in [-0.1, -0.05) is 30.3 Å². The van der Waals surface area contributed by atoms with Crippen molar-refractivity contribution in [3.63, 3.8) is 0 Å². The van der Waals surface area contributed by atoms with E-state index in [9.17, 15) is 0 Å². The SMILES string of the molecule is Cc1nn(C)cc1CN1CCC2(CC1)CN(Cc1ccccc1)CC2c1nncn1C. The molecule has 1 aromatic carbocycles. The number of nitrogens with zero attached hydrogens (tertiary/aromatic N) is 7. The summed E-state index contributed by atoms with van der Waals surface area (Å²) in [6, 6.07) is 10.8. The minimum atomic E-state index is 0.274. The van der Waals surface area contributed by atoms with Gasteiger partial charge >= 0.3 is 0 Å². The van der Waals surface area contributed by atoms with Gasteiger partial charge in [0.1, 0.15) is 12.2 Å². The zero-order valence-corrected chi connectivity index (χ0v) is 18.9. The van der Waals surface area contributed by atoms with Crippen LogP contribution in [0.3, 0.4) is 0 Å². The molecule has 1 spiro atoms. The number of piperidine rings is 1. The Morgan fingerprint density at radius 1 is 1.03 bits per heavy atom. The maximum Gasteiger partial charge on any atom is 0.137 e. The highest BCUT2D eigenvalue weighted by atomic mass is 15.3. The average molecular weight is 420 g/mol. The molecule has 0 bridgehead atoms. The number of rotatable bonds is 5. The third-order valence-corrected chi connectivity index (χ3v) is 7.39. The molecule has 0 amide bonds. The van der Waals surface area contributed by atoms with Gasteiger partial charge in [0, 0.05) is 58.0 Å². The van der Waals surface area contributed by atoms with Crippen LogP contribution in [0.1, 0.15) is 41.4 Å². The van der Waals surface area contributed by atoms with Gasteiger partial charge in [0.2, 0.25) is 0 Å². The van der Waals surface area contributed by atoms with E-state index in [0.717, 1.165) is 50.8 Å². The van der Waals surface area contributed by atoms with Crippen LogP contribution < -0.4 is 0 Å². The van der Waals surface area contributed by atoms with Crippen LogP contribution in [-0.2, 0) is 27.2 Å². The molecular weight excluding hydrogens is 386 g/mol. The lowest BCUT2D eigenvalue weighted by molar-refractivity contribution is 0.0887. The van der Waals surface area contributed by atoms with Crippen LogP contribution in [0.2, 0.25) is 0 Å². The van der Waals surface area contributed by atoms with E-state index >= 15 is 0 Å². The molecule has 0 aliphatic carbocycles. The summed E-state index contributed by atoms with van der Waals surface area (Å²) in [5.74, 6) is 1.58. The Hall–Kier alpha value is -2.51. The van der Waals surface area contributed by atoms with E-state index in [4.69, 9.17) is 0 Å². The Kier molecular flexibility index (Phi) is 5.40. The van der Waals surface area contributed by atoms with Crippen LogP contribution in [-0.4, -0.2) is 60.5 Å². The van der Waals surface area contributed by atoms with Crippen LogP contribution in [0.25, 0.3) is 0 Å². The molecule has 1 unspecified atom stereocenters. The highest BCUT2D eigenvalue weighted by molar-refractivity contribution is 5.19. The van der Waals surface area contributed by atoms with Crippen molar-refractivity contribution in [1.29, 1.82) is 0 Å². The van der Waals surface area contributed by atoms with Crippen molar-refractivity contribution in [2.24, 2.45) is 19.5 Å². The van der Waals surface area contributed by atoms with Gasteiger partial charge in [-0.05, 0) is 43.8 Å². The van der Waals surface area contributed by atoms with E-state index in [1.807, 2.05) is 18.1 Å². The third kappa shape index (κ3) is 4.04. The van der Waals surface area contributed by atoms with Crippen LogP contribution in [0.15, 0.2) is 42.9 Å². The fraction of sp³-hybridized carbons (Fsp3) is 0.542. The van der Waals surface area contributed by atoms with Crippen LogP contribution in [0.4, 0.5) is 0 Å². The van der Waals surface area contributed by atoms with Crippen molar-refractivity contribution < 1.29 is 0 Å². The van der Waals surface area contributed by atoms with E-state index in [2.05, 4.69) is 80.2 Å². The Bertz CT molecular complexity index is 1010. The predicted molar refractivity (Wildman–Crippen MR) is 120 cm³/mol. The molecule has 2 aliphatic heterocycles. The van der Waals surface area contributed by atoms with Gasteiger partial charge in [0.25, 0.3) is 0 Å². The average Bonchev–Trinajstić information content (AvgIpc) is 3.42. The van der Waals surface area contributed by atoms with Gasteiger partial charge in [-0.2, -0.15) is 5.10 Å². The summed E-state index contributed by atoms with van der Waals surface area (Å²) < 4.78 is 4.06. The quantitative estimate of drug-likeness (QED) is 0.637. The molecule has 31 heavy (non-hydrogen) atoms. The van der Waals surface area contributed by atoms with Crippen molar-refractivity contribution in [3.05, 3.63) is 65.5 Å². The summed E-state index contributed by atoms with van der Waals surface area (Å²) in [5.41, 5.74) is 4.16. The summed E-state index contributed by atoms with van der Waals surface area (Å²) in [7, 11) is 4.09. The lowest BCUT2D eigenvalue weighted by Crippen LogP contribution is -2.43. The number of aromatic nitrogens is 5. The molecule has 3 aromatic rings. The summed E-state index contributed by atoms with van der Waals surface area (Å²) in [6.07, 6.45) is 6.42. The second-order valence-electron chi connectivity index (χ2n) is 9.56. The van der Waals surface area contributed by atoms with E-state index in [0.29, 0.717) is 5.92 Å². The summed E-state index contributed by atoms with van der Waals surface area (Å²) in [5, 5.41) is 13.3. The first-order valence-electron chi connectivity index (χ1n) is 11.3. The van der Waals surface area contributed by atoms with Gasteiger partial charge < -0.3 is 4.57 Å². The Morgan fingerprint density at radius 2 is 1.81 bits per heavy atom. The van der Waals surface area contributed by atoms with E-state index in [1.165, 1.54) is 24.0 Å². The molecule has 2 fully saturated rings. The zero-order valence-electron chi connectivity index (χ0n) is 18.9. The summed E-state index contributed by atoms with van der Waals surface area (Å²) >= 11 is 0. The molecule has 7 nitrogen and oxygen atoms in total. The zero-order chi connectivity index (χ0) is 21.4. The van der Waals surface area contributed by atoms with Crippen molar-refractivity contribution in [2.45, 2.75) is 38.8 Å². The number of hydrogen-bond acceptors (Lipinski definition) is 5. The number of likely N-dealkylation sites (tertiary alicyclic amines) is 2. The van der Waals surface area contributed by atoms with E-state index in [1.54, 1.807) is 0 Å². The molecule has 0 N–H and O–H groups in total. The predicted octanol–water partition coefficient (Wildman–Crippen LogP) is 2.74. The first-order valence-corrected chi connectivity index (χ1v) is 11.3. The molecule has 0 saturated carbocycles. The molecule has 7 heteroatoms. The summed E-state index contributed by atoms with van der Waals surface area (Å²) in [6.45, 7) is 8.57. The molecule has 2 saturated heterocycles. The third-order valence-electron chi connectivity index (χ3n) is 7.39. The molecule has 1 atom stereocenters. The lowest BCUT2D eigenvalue weighted by atomic mass is 9.70. The first-order chi connectivity index (χ1) is 15.0. The molecule has 2 aliphatic rings. The van der Waals surface area contributed by atoms with Crippen LogP contribution in [0, 0.1) is 12.3 Å². The highest BCUT2D eigenvalue weighted by Crippen LogP contribution is 2.49. The fourth-order valence-electron chi connectivity index (χ4n) is 5.70. The van der Waals surface area contributed by atoms with Gasteiger partial charge in [0.05, 0.1) is 5.69 Å². The van der Waals surface area contributed by atoms with Gasteiger partial charge in [-0.15, -0.1) is 10.2 Å². The molecule has 2 aromatic heterocycles. The fourth-order valence-corrected chi connectivity index (χ4v) is 5.70. The molecule has 4 heterocycles. The minimum absolute atomic E-state index is 0.274. The summed E-state index contributed by atoms with van der Waals surface area (Å²) in [4.78, 5) is 5.23. The number of aryl methyl sites for hydroxylation is 3.